The van der Waals surface area contributed by atoms with E-state index in [-0.39, 0.29) is 12.3 Å². The van der Waals surface area contributed by atoms with Gasteiger partial charge in [0.05, 0.1) is 11.5 Å². The molecule has 0 aliphatic rings. The van der Waals surface area contributed by atoms with Crippen molar-refractivity contribution in [1.82, 2.24) is 4.98 Å². The molecule has 1 N–H and O–H groups in total. The molecular formula is C6H6NO3S. The third-order valence-corrected chi connectivity index (χ3v) is 1.81. The lowest BCUT2D eigenvalue weighted by atomic mass is 10.4. The first-order valence-electron chi connectivity index (χ1n) is 2.83. The van der Waals surface area contributed by atoms with Crippen LogP contribution in [0, 0.1) is 5.51 Å². The fraction of sp³-hybridized carbons (Fsp3) is 0.333. The zero-order valence-corrected chi connectivity index (χ0v) is 6.64. The molecule has 59 valence electrons. The number of carboxylic acid groups (broad SMARTS) is 1. The number of carboxylic acids is 1. The Balaban J connectivity index is 2.87. The highest BCUT2D eigenvalue weighted by Crippen LogP contribution is 2.13. The van der Waals surface area contributed by atoms with Crippen molar-refractivity contribution >= 4 is 17.3 Å². The summed E-state index contributed by atoms with van der Waals surface area (Å²) in [6.45, 7) is 0.281. The number of methoxy groups -OCH3 is 1. The Bertz CT molecular complexity index is 258. The number of hydrogen-bond acceptors (Lipinski definition) is 4. The Morgan fingerprint density at radius 1 is 1.91 bits per heavy atom. The maximum absolute atomic E-state index is 10.4. The molecule has 11 heavy (non-hydrogen) atoms. The molecule has 0 aromatic carbocycles. The molecule has 0 saturated carbocycles. The molecule has 1 aromatic heterocycles. The monoisotopic (exact) mass is 172 g/mol. The van der Waals surface area contributed by atoms with Crippen molar-refractivity contribution < 1.29 is 14.6 Å². The van der Waals surface area contributed by atoms with Gasteiger partial charge in [-0.3, -0.25) is 0 Å². The van der Waals surface area contributed by atoms with E-state index in [9.17, 15) is 4.79 Å². The molecule has 1 radical (unpaired) electrons. The molecule has 0 aliphatic heterocycles. The summed E-state index contributed by atoms with van der Waals surface area (Å²) >= 11 is 1.16. The second kappa shape index (κ2) is 3.45. The van der Waals surface area contributed by atoms with Crippen LogP contribution in [-0.2, 0) is 11.3 Å². The Morgan fingerprint density at radius 3 is 3.18 bits per heavy atom. The van der Waals surface area contributed by atoms with Crippen LogP contribution in [0.2, 0.25) is 0 Å². The van der Waals surface area contributed by atoms with Gasteiger partial charge in [-0.1, -0.05) is 0 Å². The van der Waals surface area contributed by atoms with Gasteiger partial charge in [-0.2, -0.15) is 0 Å². The second-order valence-corrected chi connectivity index (χ2v) is 2.69. The molecule has 0 amide bonds. The number of nitrogens with zero attached hydrogens (tertiary/aromatic N) is 1. The summed E-state index contributed by atoms with van der Waals surface area (Å²) in [6.07, 6.45) is 0. The van der Waals surface area contributed by atoms with Crippen molar-refractivity contribution in [3.8, 4) is 0 Å². The standard InChI is InChI=1S/C6H6NO3S/c1-10-2-4-5(6(8)9)7-3-11-4/h2H2,1H3,(H,8,9). The molecule has 0 saturated heterocycles. The summed E-state index contributed by atoms with van der Waals surface area (Å²) in [5.74, 6) is -1.03. The molecule has 0 fully saturated rings. The fourth-order valence-electron chi connectivity index (χ4n) is 0.630. The van der Waals surface area contributed by atoms with E-state index in [1.165, 1.54) is 7.11 Å². The number of aromatic carboxylic acids is 1. The van der Waals surface area contributed by atoms with Gasteiger partial charge < -0.3 is 9.84 Å². The van der Waals surface area contributed by atoms with E-state index in [2.05, 4.69) is 10.5 Å². The van der Waals surface area contributed by atoms with E-state index in [4.69, 9.17) is 9.84 Å². The van der Waals surface area contributed by atoms with Crippen LogP contribution in [0.4, 0.5) is 0 Å². The lowest BCUT2D eigenvalue weighted by molar-refractivity contribution is 0.0686. The minimum absolute atomic E-state index is 0.0388. The highest BCUT2D eigenvalue weighted by Gasteiger charge is 2.12. The first-order valence-corrected chi connectivity index (χ1v) is 3.65. The molecular weight excluding hydrogens is 166 g/mol. The van der Waals surface area contributed by atoms with Crippen molar-refractivity contribution in [2.45, 2.75) is 6.61 Å². The van der Waals surface area contributed by atoms with Gasteiger partial charge in [-0.15, -0.1) is 11.3 Å². The number of ether oxygens (including phenoxy) is 1. The van der Waals surface area contributed by atoms with E-state index in [1.807, 2.05) is 0 Å². The van der Waals surface area contributed by atoms with Crippen LogP contribution in [-0.4, -0.2) is 23.2 Å². The van der Waals surface area contributed by atoms with Crippen LogP contribution in [0.1, 0.15) is 15.4 Å². The fourth-order valence-corrected chi connectivity index (χ4v) is 1.28. The highest BCUT2D eigenvalue weighted by molar-refractivity contribution is 7.09. The van der Waals surface area contributed by atoms with Crippen LogP contribution in [0.3, 0.4) is 0 Å². The predicted molar refractivity (Wildman–Crippen MR) is 38.6 cm³/mol. The van der Waals surface area contributed by atoms with E-state index in [0.717, 1.165) is 11.3 Å². The normalized spacial score (nSPS) is 9.91. The third kappa shape index (κ3) is 1.75. The molecule has 0 spiro atoms. The molecule has 1 heterocycles. The van der Waals surface area contributed by atoms with Gasteiger partial charge in [-0.25, -0.2) is 9.78 Å². The third-order valence-electron chi connectivity index (χ3n) is 1.07. The number of rotatable bonds is 3. The van der Waals surface area contributed by atoms with Gasteiger partial charge in [0.25, 0.3) is 0 Å². The van der Waals surface area contributed by atoms with Crippen LogP contribution in [0.5, 0.6) is 0 Å². The van der Waals surface area contributed by atoms with Crippen molar-refractivity contribution in [2.24, 2.45) is 0 Å². The Morgan fingerprint density at radius 2 is 2.64 bits per heavy atom. The first kappa shape index (κ1) is 8.16. The van der Waals surface area contributed by atoms with Gasteiger partial charge in [-0.05, 0) is 0 Å². The summed E-state index contributed by atoms with van der Waals surface area (Å²) in [5, 5.41) is 8.55. The number of hydrogen-bond donors (Lipinski definition) is 1. The quantitative estimate of drug-likeness (QED) is 0.732. The summed E-state index contributed by atoms with van der Waals surface area (Å²) < 4.78 is 4.76. The van der Waals surface area contributed by atoms with Gasteiger partial charge in [0.1, 0.15) is 0 Å². The van der Waals surface area contributed by atoms with Gasteiger partial charge >= 0.3 is 5.97 Å². The molecule has 5 heteroatoms. The summed E-state index contributed by atoms with van der Waals surface area (Å²) in [4.78, 5) is 14.6. The minimum atomic E-state index is -1.03. The minimum Gasteiger partial charge on any atom is -0.476 e. The second-order valence-electron chi connectivity index (χ2n) is 1.82. The summed E-state index contributed by atoms with van der Waals surface area (Å²) in [6, 6.07) is 0. The average molecular weight is 172 g/mol. The summed E-state index contributed by atoms with van der Waals surface area (Å²) in [7, 11) is 1.51. The van der Waals surface area contributed by atoms with Gasteiger partial charge in [0.15, 0.2) is 11.2 Å². The highest BCUT2D eigenvalue weighted by atomic mass is 32.1. The largest absolute Gasteiger partial charge is 0.476 e. The molecule has 0 bridgehead atoms. The van der Waals surface area contributed by atoms with Crippen molar-refractivity contribution in [2.75, 3.05) is 7.11 Å². The number of aromatic nitrogens is 1. The molecule has 0 unspecified atom stereocenters. The molecule has 1 rings (SSSR count). The number of carbonyl (C=O) groups is 1. The van der Waals surface area contributed by atoms with E-state index in [0.29, 0.717) is 4.88 Å². The van der Waals surface area contributed by atoms with Crippen LogP contribution < -0.4 is 0 Å². The molecule has 0 aliphatic carbocycles. The topological polar surface area (TPSA) is 59.4 Å². The van der Waals surface area contributed by atoms with Crippen LogP contribution in [0.25, 0.3) is 0 Å². The van der Waals surface area contributed by atoms with Gasteiger partial charge in [0, 0.05) is 7.11 Å². The van der Waals surface area contributed by atoms with Crippen LogP contribution >= 0.6 is 11.3 Å². The SMILES string of the molecule is COCc1s[c]nc1C(=O)O. The predicted octanol–water partition coefficient (Wildman–Crippen LogP) is 0.788. The van der Waals surface area contributed by atoms with Crippen LogP contribution in [0.15, 0.2) is 0 Å². The van der Waals surface area contributed by atoms with E-state index in [1.54, 1.807) is 0 Å². The smallest absolute Gasteiger partial charge is 0.355 e. The maximum atomic E-state index is 10.4. The molecule has 4 nitrogen and oxygen atoms in total. The maximum Gasteiger partial charge on any atom is 0.355 e. The lowest BCUT2D eigenvalue weighted by Gasteiger charge is -1.94. The van der Waals surface area contributed by atoms with Crippen molar-refractivity contribution in [3.05, 3.63) is 16.1 Å². The Hall–Kier alpha value is -0.940. The first-order chi connectivity index (χ1) is 5.25. The molecule has 1 aromatic rings. The zero-order valence-electron chi connectivity index (χ0n) is 5.83. The van der Waals surface area contributed by atoms with Crippen molar-refractivity contribution in [3.63, 3.8) is 0 Å². The molecule has 0 atom stereocenters. The lowest BCUT2D eigenvalue weighted by Crippen LogP contribution is -2.01. The Kier molecular flexibility index (Phi) is 2.56. The average Bonchev–Trinajstić information content (AvgIpc) is 2.36. The van der Waals surface area contributed by atoms with Gasteiger partial charge in [0.2, 0.25) is 0 Å². The zero-order chi connectivity index (χ0) is 8.27. The van der Waals surface area contributed by atoms with E-state index >= 15 is 0 Å². The van der Waals surface area contributed by atoms with Crippen molar-refractivity contribution in [1.29, 1.82) is 0 Å². The van der Waals surface area contributed by atoms with E-state index < -0.39 is 5.97 Å². The Labute approximate surface area is 67.5 Å². The number of thiazole rings is 1. The summed E-state index contributed by atoms with van der Waals surface area (Å²) in [5.41, 5.74) is 2.53.